The fourth-order valence-electron chi connectivity index (χ4n) is 1.64. The minimum atomic E-state index is -1.26. The quantitative estimate of drug-likeness (QED) is 0.908. The van der Waals surface area contributed by atoms with Crippen molar-refractivity contribution in [1.82, 2.24) is 5.32 Å². The number of benzene rings is 2. The van der Waals surface area contributed by atoms with Crippen LogP contribution in [0.15, 0.2) is 36.4 Å². The average molecular weight is 281 g/mol. The van der Waals surface area contributed by atoms with Gasteiger partial charge in [-0.05, 0) is 17.7 Å². The molecule has 1 amide bonds. The van der Waals surface area contributed by atoms with E-state index in [1.165, 1.54) is 12.1 Å². The first kappa shape index (κ1) is 13.9. The maximum Gasteiger partial charge on any atom is 0.257 e. The van der Waals surface area contributed by atoms with Crippen molar-refractivity contribution < 1.29 is 23.1 Å². The van der Waals surface area contributed by atoms with Crippen LogP contribution in [0.3, 0.4) is 0 Å². The van der Waals surface area contributed by atoms with Gasteiger partial charge in [0.25, 0.3) is 5.91 Å². The molecule has 0 aliphatic heterocycles. The summed E-state index contributed by atoms with van der Waals surface area (Å²) in [7, 11) is 0. The van der Waals surface area contributed by atoms with Crippen molar-refractivity contribution in [2.45, 2.75) is 6.54 Å². The predicted octanol–water partition coefficient (Wildman–Crippen LogP) is 2.74. The monoisotopic (exact) mass is 281 g/mol. The number of phenols is 1. The number of nitrogens with one attached hydrogen (secondary N) is 1. The van der Waals surface area contributed by atoms with E-state index in [0.717, 1.165) is 0 Å². The molecule has 0 fully saturated rings. The van der Waals surface area contributed by atoms with Crippen LogP contribution >= 0.6 is 0 Å². The summed E-state index contributed by atoms with van der Waals surface area (Å²) in [5.41, 5.74) is -0.191. The molecule has 2 aromatic carbocycles. The van der Waals surface area contributed by atoms with E-state index >= 15 is 0 Å². The second kappa shape index (κ2) is 5.64. The molecule has 0 unspecified atom stereocenters. The van der Waals surface area contributed by atoms with Crippen molar-refractivity contribution in [2.75, 3.05) is 0 Å². The van der Waals surface area contributed by atoms with Crippen molar-refractivity contribution in [1.29, 1.82) is 0 Å². The molecule has 20 heavy (non-hydrogen) atoms. The van der Waals surface area contributed by atoms with Gasteiger partial charge in [0.2, 0.25) is 0 Å². The van der Waals surface area contributed by atoms with E-state index in [0.29, 0.717) is 17.7 Å². The summed E-state index contributed by atoms with van der Waals surface area (Å²) in [5, 5.41) is 11.4. The van der Waals surface area contributed by atoms with E-state index in [1.54, 1.807) is 12.1 Å². The topological polar surface area (TPSA) is 49.3 Å². The van der Waals surface area contributed by atoms with Crippen molar-refractivity contribution in [3.05, 3.63) is 65.0 Å². The number of rotatable bonds is 3. The van der Waals surface area contributed by atoms with Gasteiger partial charge in [-0.2, -0.15) is 0 Å². The summed E-state index contributed by atoms with van der Waals surface area (Å²) in [6.07, 6.45) is 0. The van der Waals surface area contributed by atoms with Gasteiger partial charge in [-0.15, -0.1) is 0 Å². The largest absolute Gasteiger partial charge is 0.508 e. The maximum atomic E-state index is 13.4. The third-order valence-electron chi connectivity index (χ3n) is 2.62. The van der Waals surface area contributed by atoms with E-state index in [9.17, 15) is 18.0 Å². The van der Waals surface area contributed by atoms with E-state index in [-0.39, 0.29) is 12.3 Å². The van der Waals surface area contributed by atoms with Crippen LogP contribution in [0.1, 0.15) is 15.9 Å². The highest BCUT2D eigenvalue weighted by Gasteiger charge is 2.18. The number of phenolic OH excluding ortho intramolecular Hbond substituents is 1. The summed E-state index contributed by atoms with van der Waals surface area (Å²) < 4.78 is 39.5. The number of amides is 1. The van der Waals surface area contributed by atoms with Crippen LogP contribution in [0, 0.1) is 17.5 Å². The molecule has 0 heterocycles. The SMILES string of the molecule is O=C(NCc1ccc(O)cc1)c1c(F)cc(F)cc1F. The zero-order valence-corrected chi connectivity index (χ0v) is 10.2. The highest BCUT2D eigenvalue weighted by atomic mass is 19.1. The molecule has 0 radical (unpaired) electrons. The van der Waals surface area contributed by atoms with Crippen molar-refractivity contribution in [3.63, 3.8) is 0 Å². The maximum absolute atomic E-state index is 13.4. The third-order valence-corrected chi connectivity index (χ3v) is 2.62. The predicted molar refractivity (Wildman–Crippen MR) is 65.6 cm³/mol. The molecule has 0 aliphatic rings. The van der Waals surface area contributed by atoms with Crippen LogP contribution in [-0.4, -0.2) is 11.0 Å². The Morgan fingerprint density at radius 1 is 1.05 bits per heavy atom. The average Bonchev–Trinajstić information content (AvgIpc) is 2.37. The second-order valence-electron chi connectivity index (χ2n) is 4.09. The lowest BCUT2D eigenvalue weighted by Crippen LogP contribution is -2.25. The van der Waals surface area contributed by atoms with E-state index < -0.39 is 28.9 Å². The second-order valence-corrected chi connectivity index (χ2v) is 4.09. The molecule has 104 valence electrons. The number of carbonyl (C=O) groups is 1. The highest BCUT2D eigenvalue weighted by Crippen LogP contribution is 2.15. The summed E-state index contributed by atoms with van der Waals surface area (Å²) in [6.45, 7) is 0.0232. The molecular weight excluding hydrogens is 271 g/mol. The number of aromatic hydroxyl groups is 1. The van der Waals surface area contributed by atoms with Crippen LogP contribution in [0.2, 0.25) is 0 Å². The Kier molecular flexibility index (Phi) is 3.93. The lowest BCUT2D eigenvalue weighted by molar-refractivity contribution is 0.0942. The molecular formula is C14H10F3NO2. The summed E-state index contributed by atoms with van der Waals surface area (Å²) in [6, 6.07) is 6.82. The van der Waals surface area contributed by atoms with Gasteiger partial charge < -0.3 is 10.4 Å². The van der Waals surface area contributed by atoms with Gasteiger partial charge in [0.15, 0.2) is 0 Å². The van der Waals surface area contributed by atoms with E-state index in [1.807, 2.05) is 0 Å². The van der Waals surface area contributed by atoms with Crippen molar-refractivity contribution >= 4 is 5.91 Å². The van der Waals surface area contributed by atoms with Crippen LogP contribution in [0.4, 0.5) is 13.2 Å². The number of hydrogen-bond acceptors (Lipinski definition) is 2. The highest BCUT2D eigenvalue weighted by molar-refractivity contribution is 5.94. The number of carbonyl (C=O) groups excluding carboxylic acids is 1. The molecule has 3 nitrogen and oxygen atoms in total. The molecule has 0 spiro atoms. The van der Waals surface area contributed by atoms with Gasteiger partial charge >= 0.3 is 0 Å². The third kappa shape index (κ3) is 3.09. The number of hydrogen-bond donors (Lipinski definition) is 2. The van der Waals surface area contributed by atoms with Gasteiger partial charge in [0, 0.05) is 18.7 Å². The Bertz CT molecular complexity index is 618. The zero-order chi connectivity index (χ0) is 14.7. The molecule has 6 heteroatoms. The fourth-order valence-corrected chi connectivity index (χ4v) is 1.64. The molecule has 0 atom stereocenters. The van der Waals surface area contributed by atoms with Gasteiger partial charge in [0.1, 0.15) is 28.8 Å². The van der Waals surface area contributed by atoms with Crippen LogP contribution in [0.5, 0.6) is 5.75 Å². The summed E-state index contributed by atoms with van der Waals surface area (Å²) >= 11 is 0. The Hall–Kier alpha value is -2.50. The lowest BCUT2D eigenvalue weighted by atomic mass is 10.1. The van der Waals surface area contributed by atoms with Gasteiger partial charge in [-0.25, -0.2) is 13.2 Å². The molecule has 2 N–H and O–H groups in total. The molecule has 2 aromatic rings. The molecule has 0 saturated carbocycles. The Balaban J connectivity index is 2.11. The van der Waals surface area contributed by atoms with Gasteiger partial charge in [0.05, 0.1) is 0 Å². The minimum absolute atomic E-state index is 0.0232. The lowest BCUT2D eigenvalue weighted by Gasteiger charge is -2.07. The first-order valence-corrected chi connectivity index (χ1v) is 5.68. The Morgan fingerprint density at radius 3 is 2.15 bits per heavy atom. The fraction of sp³-hybridized carbons (Fsp3) is 0.0714. The molecule has 0 aromatic heterocycles. The van der Waals surface area contributed by atoms with E-state index in [2.05, 4.69) is 5.32 Å². The first-order valence-electron chi connectivity index (χ1n) is 5.68. The van der Waals surface area contributed by atoms with Crippen molar-refractivity contribution in [2.24, 2.45) is 0 Å². The first-order chi connectivity index (χ1) is 9.47. The zero-order valence-electron chi connectivity index (χ0n) is 10.2. The summed E-state index contributed by atoms with van der Waals surface area (Å²) in [4.78, 5) is 11.7. The Morgan fingerprint density at radius 2 is 1.60 bits per heavy atom. The normalized spacial score (nSPS) is 10.3. The standard InChI is InChI=1S/C14H10F3NO2/c15-9-5-11(16)13(12(17)6-9)14(20)18-7-8-1-3-10(19)4-2-8/h1-6,19H,7H2,(H,18,20). The van der Waals surface area contributed by atoms with Crippen LogP contribution in [0.25, 0.3) is 0 Å². The number of halogens is 3. The van der Waals surface area contributed by atoms with Gasteiger partial charge in [-0.3, -0.25) is 4.79 Å². The Labute approximate surface area is 112 Å². The molecule has 0 saturated heterocycles. The molecule has 0 aliphatic carbocycles. The van der Waals surface area contributed by atoms with Crippen LogP contribution < -0.4 is 5.32 Å². The molecule has 2 rings (SSSR count). The van der Waals surface area contributed by atoms with Crippen molar-refractivity contribution in [3.8, 4) is 5.75 Å². The van der Waals surface area contributed by atoms with Crippen LogP contribution in [-0.2, 0) is 6.54 Å². The smallest absolute Gasteiger partial charge is 0.257 e. The van der Waals surface area contributed by atoms with Gasteiger partial charge in [-0.1, -0.05) is 12.1 Å². The minimum Gasteiger partial charge on any atom is -0.508 e. The van der Waals surface area contributed by atoms with E-state index in [4.69, 9.17) is 5.11 Å². The molecule has 0 bridgehead atoms. The summed E-state index contributed by atoms with van der Waals surface area (Å²) in [5.74, 6) is -4.52.